The number of rotatable bonds is 4. The molecule has 2 aromatic rings. The van der Waals surface area contributed by atoms with Crippen molar-refractivity contribution in [3.63, 3.8) is 0 Å². The highest BCUT2D eigenvalue weighted by atomic mass is 35.5. The van der Waals surface area contributed by atoms with Crippen molar-refractivity contribution in [3.05, 3.63) is 64.9 Å². The van der Waals surface area contributed by atoms with Crippen LogP contribution < -0.4 is 5.32 Å². The summed E-state index contributed by atoms with van der Waals surface area (Å²) >= 11 is 5.95. The third kappa shape index (κ3) is 4.57. The Bertz CT molecular complexity index is 743. The summed E-state index contributed by atoms with van der Waals surface area (Å²) in [6.45, 7) is 1.58. The van der Waals surface area contributed by atoms with Crippen LogP contribution in [-0.4, -0.2) is 34.8 Å². The summed E-state index contributed by atoms with van der Waals surface area (Å²) in [7, 11) is 0. The van der Waals surface area contributed by atoms with Gasteiger partial charge in [0.25, 0.3) is 5.91 Å². The summed E-state index contributed by atoms with van der Waals surface area (Å²) in [5.41, 5.74) is 1.43. The number of nitrogens with one attached hydrogen (secondary N) is 1. The fraction of sp³-hybridized carbons (Fsp3) is 0.316. The van der Waals surface area contributed by atoms with Crippen LogP contribution in [0.5, 0.6) is 0 Å². The molecule has 130 valence electrons. The average Bonchev–Trinajstić information content (AvgIpc) is 2.66. The largest absolute Gasteiger partial charge is 0.350 e. The van der Waals surface area contributed by atoms with Crippen molar-refractivity contribution < 1.29 is 9.59 Å². The van der Waals surface area contributed by atoms with Crippen molar-refractivity contribution >= 4 is 23.4 Å². The number of hydrogen-bond acceptors (Lipinski definition) is 3. The van der Waals surface area contributed by atoms with E-state index in [0.717, 1.165) is 5.69 Å². The predicted molar refractivity (Wildman–Crippen MR) is 96.2 cm³/mol. The highest BCUT2D eigenvalue weighted by Gasteiger charge is 2.27. The fourth-order valence-electron chi connectivity index (χ4n) is 2.97. The maximum atomic E-state index is 12.5. The van der Waals surface area contributed by atoms with Gasteiger partial charge in [-0.05, 0) is 43.2 Å². The second-order valence-electron chi connectivity index (χ2n) is 6.12. The topological polar surface area (TPSA) is 62.3 Å². The Balaban J connectivity index is 1.49. The molecule has 0 aliphatic carbocycles. The van der Waals surface area contributed by atoms with Gasteiger partial charge in [-0.25, -0.2) is 0 Å². The molecule has 0 bridgehead atoms. The monoisotopic (exact) mass is 357 g/mol. The molecule has 1 aliphatic rings. The lowest BCUT2D eigenvalue weighted by molar-refractivity contribution is -0.126. The third-order valence-electron chi connectivity index (χ3n) is 4.39. The fourth-order valence-corrected chi connectivity index (χ4v) is 3.16. The lowest BCUT2D eigenvalue weighted by Gasteiger charge is -2.31. The number of likely N-dealkylation sites (tertiary alicyclic amines) is 1. The van der Waals surface area contributed by atoms with E-state index in [1.54, 1.807) is 35.4 Å². The van der Waals surface area contributed by atoms with Gasteiger partial charge in [-0.2, -0.15) is 0 Å². The molecule has 2 heterocycles. The molecule has 1 aromatic heterocycles. The Kier molecular flexibility index (Phi) is 5.66. The summed E-state index contributed by atoms with van der Waals surface area (Å²) in [4.78, 5) is 30.8. The Labute approximate surface area is 152 Å². The van der Waals surface area contributed by atoms with Crippen LogP contribution in [0.4, 0.5) is 0 Å². The molecule has 6 heteroatoms. The molecule has 0 radical (unpaired) electrons. The Morgan fingerprint density at radius 1 is 1.16 bits per heavy atom. The van der Waals surface area contributed by atoms with Crippen LogP contribution in [0, 0.1) is 5.92 Å². The Morgan fingerprint density at radius 2 is 1.96 bits per heavy atom. The smallest absolute Gasteiger partial charge is 0.253 e. The van der Waals surface area contributed by atoms with Gasteiger partial charge in [-0.15, -0.1) is 0 Å². The second-order valence-corrected chi connectivity index (χ2v) is 6.55. The number of carbonyl (C=O) groups excluding carboxylic acids is 2. The maximum absolute atomic E-state index is 12.5. The first-order valence-corrected chi connectivity index (χ1v) is 8.74. The van der Waals surface area contributed by atoms with E-state index in [-0.39, 0.29) is 17.7 Å². The number of benzene rings is 1. The van der Waals surface area contributed by atoms with Crippen molar-refractivity contribution in [1.82, 2.24) is 15.2 Å². The van der Waals surface area contributed by atoms with Crippen LogP contribution in [0.1, 0.15) is 28.9 Å². The molecule has 25 heavy (non-hydrogen) atoms. The maximum Gasteiger partial charge on any atom is 0.253 e. The summed E-state index contributed by atoms with van der Waals surface area (Å²) in [5.74, 6) is -0.0672. The van der Waals surface area contributed by atoms with Gasteiger partial charge >= 0.3 is 0 Å². The highest BCUT2D eigenvalue weighted by molar-refractivity contribution is 6.30. The second kappa shape index (κ2) is 8.12. The summed E-state index contributed by atoms with van der Waals surface area (Å²) < 4.78 is 0. The van der Waals surface area contributed by atoms with Gasteiger partial charge in [0, 0.05) is 35.8 Å². The number of hydrogen-bond donors (Lipinski definition) is 1. The number of halogens is 1. The first kappa shape index (κ1) is 17.4. The molecule has 2 amide bonds. The van der Waals surface area contributed by atoms with E-state index in [9.17, 15) is 9.59 Å². The van der Waals surface area contributed by atoms with Gasteiger partial charge in [-0.3, -0.25) is 14.6 Å². The molecule has 1 saturated heterocycles. The number of amides is 2. The third-order valence-corrected chi connectivity index (χ3v) is 4.63. The van der Waals surface area contributed by atoms with E-state index in [1.807, 2.05) is 18.2 Å². The summed E-state index contributed by atoms with van der Waals surface area (Å²) in [6.07, 6.45) is 3.04. The van der Waals surface area contributed by atoms with E-state index in [2.05, 4.69) is 10.3 Å². The number of aromatic nitrogens is 1. The molecule has 1 aromatic carbocycles. The van der Waals surface area contributed by atoms with Crippen LogP contribution in [0.3, 0.4) is 0 Å². The molecular formula is C19H20ClN3O2. The number of pyridine rings is 1. The van der Waals surface area contributed by atoms with Crippen molar-refractivity contribution in [1.29, 1.82) is 0 Å². The van der Waals surface area contributed by atoms with Crippen LogP contribution >= 0.6 is 11.6 Å². The minimum absolute atomic E-state index is 0.0282. The zero-order chi connectivity index (χ0) is 17.6. The first-order chi connectivity index (χ1) is 12.1. The van der Waals surface area contributed by atoms with Crippen molar-refractivity contribution in [2.75, 3.05) is 13.1 Å². The minimum atomic E-state index is -0.0628. The van der Waals surface area contributed by atoms with Gasteiger partial charge in [-0.1, -0.05) is 23.7 Å². The van der Waals surface area contributed by atoms with Crippen molar-refractivity contribution in [2.24, 2.45) is 5.92 Å². The predicted octanol–water partition coefficient (Wildman–Crippen LogP) is 2.90. The molecular weight excluding hydrogens is 338 g/mol. The van der Waals surface area contributed by atoms with E-state index in [4.69, 9.17) is 11.6 Å². The molecule has 5 nitrogen and oxygen atoms in total. The van der Waals surface area contributed by atoms with E-state index in [0.29, 0.717) is 43.1 Å². The number of nitrogens with zero attached hydrogens (tertiary/aromatic N) is 2. The van der Waals surface area contributed by atoms with Gasteiger partial charge < -0.3 is 10.2 Å². The first-order valence-electron chi connectivity index (χ1n) is 8.36. The van der Waals surface area contributed by atoms with Gasteiger partial charge in [0.2, 0.25) is 5.91 Å². The lowest BCUT2D eigenvalue weighted by atomic mass is 9.95. The normalized spacial score (nSPS) is 15.0. The van der Waals surface area contributed by atoms with Crippen LogP contribution in [0.2, 0.25) is 5.02 Å². The highest BCUT2D eigenvalue weighted by Crippen LogP contribution is 2.20. The SMILES string of the molecule is O=C(NCc1ccccn1)C1CCN(C(=O)c2cccc(Cl)c2)CC1. The molecule has 1 fully saturated rings. The molecule has 0 spiro atoms. The van der Waals surface area contributed by atoms with E-state index < -0.39 is 0 Å². The Hall–Kier alpha value is -2.40. The van der Waals surface area contributed by atoms with E-state index >= 15 is 0 Å². The van der Waals surface area contributed by atoms with Crippen molar-refractivity contribution in [2.45, 2.75) is 19.4 Å². The van der Waals surface area contributed by atoms with Crippen molar-refractivity contribution in [3.8, 4) is 0 Å². The quantitative estimate of drug-likeness (QED) is 0.915. The number of carbonyl (C=O) groups is 2. The molecule has 1 N–H and O–H groups in total. The average molecular weight is 358 g/mol. The van der Waals surface area contributed by atoms with Crippen LogP contribution in [0.25, 0.3) is 0 Å². The summed E-state index contributed by atoms with van der Waals surface area (Å²) in [6, 6.07) is 12.6. The zero-order valence-corrected chi connectivity index (χ0v) is 14.6. The molecule has 3 rings (SSSR count). The minimum Gasteiger partial charge on any atom is -0.350 e. The Morgan fingerprint density at radius 3 is 2.64 bits per heavy atom. The van der Waals surface area contributed by atoms with Gasteiger partial charge in [0.15, 0.2) is 0 Å². The lowest BCUT2D eigenvalue weighted by Crippen LogP contribution is -2.43. The van der Waals surface area contributed by atoms with Crippen LogP contribution in [-0.2, 0) is 11.3 Å². The standard InChI is InChI=1S/C19H20ClN3O2/c20-16-5-3-4-15(12-16)19(25)23-10-7-14(8-11-23)18(24)22-13-17-6-1-2-9-21-17/h1-6,9,12,14H,7-8,10-11,13H2,(H,22,24). The summed E-state index contributed by atoms with van der Waals surface area (Å²) in [5, 5.41) is 3.48. The molecule has 0 atom stereocenters. The molecule has 1 aliphatic heterocycles. The zero-order valence-electron chi connectivity index (χ0n) is 13.8. The van der Waals surface area contributed by atoms with Crippen LogP contribution in [0.15, 0.2) is 48.7 Å². The number of piperidine rings is 1. The van der Waals surface area contributed by atoms with Gasteiger partial charge in [0.05, 0.1) is 12.2 Å². The van der Waals surface area contributed by atoms with E-state index in [1.165, 1.54) is 0 Å². The van der Waals surface area contributed by atoms with Gasteiger partial charge in [0.1, 0.15) is 0 Å². The molecule has 0 unspecified atom stereocenters. The molecule has 0 saturated carbocycles.